The van der Waals surface area contributed by atoms with E-state index >= 15 is 0 Å². The van der Waals surface area contributed by atoms with Gasteiger partial charge in [-0.15, -0.1) is 0 Å². The molecule has 0 heterocycles. The normalized spacial score (nSPS) is 13.8. The Morgan fingerprint density at radius 3 is 2.38 bits per heavy atom. The minimum absolute atomic E-state index is 0.699. The van der Waals surface area contributed by atoms with Gasteiger partial charge in [0.25, 0.3) is 0 Å². The van der Waals surface area contributed by atoms with Gasteiger partial charge in [0.2, 0.25) is 0 Å². The number of allylic oxidation sites excluding steroid dienone is 2. The second kappa shape index (κ2) is 11.2. The maximum atomic E-state index is 3.65. The molecular formula is C15H31N. The summed E-state index contributed by atoms with van der Waals surface area (Å²) in [4.78, 5) is 0. The molecule has 0 aliphatic rings. The van der Waals surface area contributed by atoms with Gasteiger partial charge in [-0.1, -0.05) is 46.3 Å². The molecule has 0 bridgehead atoms. The molecule has 1 N–H and O–H groups in total. The molecule has 0 aromatic rings. The summed E-state index contributed by atoms with van der Waals surface area (Å²) in [5, 5.41) is 3.65. The summed E-state index contributed by atoms with van der Waals surface area (Å²) in [5.41, 5.74) is 0. The van der Waals surface area contributed by atoms with Crippen LogP contribution in [0, 0.1) is 5.92 Å². The van der Waals surface area contributed by atoms with Crippen LogP contribution in [0.25, 0.3) is 0 Å². The van der Waals surface area contributed by atoms with E-state index in [0.717, 1.165) is 6.04 Å². The van der Waals surface area contributed by atoms with Crippen molar-refractivity contribution in [3.05, 3.63) is 12.2 Å². The fourth-order valence-electron chi connectivity index (χ4n) is 1.90. The zero-order valence-electron chi connectivity index (χ0n) is 11.8. The van der Waals surface area contributed by atoms with Crippen LogP contribution in [0.2, 0.25) is 0 Å². The van der Waals surface area contributed by atoms with Gasteiger partial charge in [0.15, 0.2) is 0 Å². The van der Waals surface area contributed by atoms with Crippen molar-refractivity contribution in [3.8, 4) is 0 Å². The summed E-state index contributed by atoms with van der Waals surface area (Å²) in [7, 11) is 0. The minimum Gasteiger partial charge on any atom is -0.314 e. The molecule has 0 aromatic heterocycles. The van der Waals surface area contributed by atoms with E-state index in [1.54, 1.807) is 0 Å². The fourth-order valence-corrected chi connectivity index (χ4v) is 1.90. The van der Waals surface area contributed by atoms with Gasteiger partial charge in [-0.25, -0.2) is 0 Å². The lowest BCUT2D eigenvalue weighted by molar-refractivity contribution is 0.439. The van der Waals surface area contributed by atoms with E-state index < -0.39 is 0 Å². The summed E-state index contributed by atoms with van der Waals surface area (Å²) in [5.74, 6) is 0.699. The highest BCUT2D eigenvalue weighted by molar-refractivity contribution is 4.84. The molecule has 96 valence electrons. The molecule has 0 amide bonds. The molecule has 0 spiro atoms. The van der Waals surface area contributed by atoms with Crippen LogP contribution in [0.15, 0.2) is 12.2 Å². The molecule has 1 nitrogen and oxygen atoms in total. The van der Waals surface area contributed by atoms with E-state index in [1.807, 2.05) is 0 Å². The Labute approximate surface area is 103 Å². The molecule has 0 rings (SSSR count). The number of unbranched alkanes of at least 4 members (excludes halogenated alkanes) is 1. The molecule has 0 aromatic carbocycles. The minimum atomic E-state index is 0.699. The molecule has 0 aliphatic carbocycles. The van der Waals surface area contributed by atoms with Crippen LogP contribution in [-0.4, -0.2) is 12.6 Å². The first-order valence-electron chi connectivity index (χ1n) is 7.10. The smallest absolute Gasteiger partial charge is 0.00670 e. The van der Waals surface area contributed by atoms with Gasteiger partial charge in [-0.2, -0.15) is 0 Å². The van der Waals surface area contributed by atoms with Crippen molar-refractivity contribution in [3.63, 3.8) is 0 Å². The molecule has 0 aliphatic heterocycles. The van der Waals surface area contributed by atoms with Crippen LogP contribution in [0.1, 0.15) is 66.2 Å². The van der Waals surface area contributed by atoms with Crippen molar-refractivity contribution in [2.24, 2.45) is 5.92 Å². The van der Waals surface area contributed by atoms with Gasteiger partial charge in [-0.05, 0) is 44.6 Å². The first kappa shape index (κ1) is 15.7. The van der Waals surface area contributed by atoms with E-state index in [1.165, 1.54) is 45.1 Å². The molecular weight excluding hydrogens is 194 g/mol. The Kier molecular flexibility index (Phi) is 11.0. The standard InChI is InChI=1S/C15H31N/c1-5-10-15(16-13-6-2)12-9-7-8-11-14(3)4/h8,11,14-16H,5-7,9-10,12-13H2,1-4H3/b11-8+. The SMILES string of the molecule is CCCNC(CCC)CCC/C=C/C(C)C. The molecule has 1 heteroatoms. The van der Waals surface area contributed by atoms with Crippen molar-refractivity contribution >= 4 is 0 Å². The van der Waals surface area contributed by atoms with Gasteiger partial charge < -0.3 is 5.32 Å². The highest BCUT2D eigenvalue weighted by atomic mass is 14.9. The van der Waals surface area contributed by atoms with E-state index in [2.05, 4.69) is 45.2 Å². The first-order chi connectivity index (χ1) is 7.70. The van der Waals surface area contributed by atoms with Gasteiger partial charge >= 0.3 is 0 Å². The van der Waals surface area contributed by atoms with Gasteiger partial charge in [-0.3, -0.25) is 0 Å². The van der Waals surface area contributed by atoms with E-state index in [9.17, 15) is 0 Å². The van der Waals surface area contributed by atoms with Gasteiger partial charge in [0.1, 0.15) is 0 Å². The van der Waals surface area contributed by atoms with E-state index in [4.69, 9.17) is 0 Å². The summed E-state index contributed by atoms with van der Waals surface area (Å²) < 4.78 is 0. The van der Waals surface area contributed by atoms with E-state index in [0.29, 0.717) is 5.92 Å². The average molecular weight is 225 g/mol. The van der Waals surface area contributed by atoms with Crippen molar-refractivity contribution < 1.29 is 0 Å². The number of rotatable bonds is 10. The molecule has 16 heavy (non-hydrogen) atoms. The highest BCUT2D eigenvalue weighted by Gasteiger charge is 2.04. The third-order valence-corrected chi connectivity index (χ3v) is 2.76. The number of hydrogen-bond donors (Lipinski definition) is 1. The van der Waals surface area contributed by atoms with Crippen molar-refractivity contribution in [1.82, 2.24) is 5.32 Å². The van der Waals surface area contributed by atoms with Crippen LogP contribution in [0.3, 0.4) is 0 Å². The maximum absolute atomic E-state index is 3.65. The quantitative estimate of drug-likeness (QED) is 0.425. The Morgan fingerprint density at radius 2 is 1.81 bits per heavy atom. The molecule has 1 atom stereocenters. The fraction of sp³-hybridized carbons (Fsp3) is 0.867. The second-order valence-corrected chi connectivity index (χ2v) is 5.04. The topological polar surface area (TPSA) is 12.0 Å². The predicted octanol–water partition coefficient (Wildman–Crippen LogP) is 4.54. The predicted molar refractivity (Wildman–Crippen MR) is 74.8 cm³/mol. The molecule has 0 fully saturated rings. The van der Waals surface area contributed by atoms with Crippen molar-refractivity contribution in [2.75, 3.05) is 6.54 Å². The molecule has 0 saturated carbocycles. The van der Waals surface area contributed by atoms with Gasteiger partial charge in [0, 0.05) is 6.04 Å². The zero-order chi connectivity index (χ0) is 12.2. The third-order valence-electron chi connectivity index (χ3n) is 2.76. The lowest BCUT2D eigenvalue weighted by Gasteiger charge is -2.17. The number of hydrogen-bond acceptors (Lipinski definition) is 1. The van der Waals surface area contributed by atoms with Crippen molar-refractivity contribution in [2.45, 2.75) is 72.3 Å². The Balaban J connectivity index is 3.58. The first-order valence-corrected chi connectivity index (χ1v) is 7.10. The highest BCUT2D eigenvalue weighted by Crippen LogP contribution is 2.08. The molecule has 0 saturated heterocycles. The monoisotopic (exact) mass is 225 g/mol. The van der Waals surface area contributed by atoms with Crippen LogP contribution >= 0.6 is 0 Å². The van der Waals surface area contributed by atoms with Gasteiger partial charge in [0.05, 0.1) is 0 Å². The Morgan fingerprint density at radius 1 is 1.06 bits per heavy atom. The van der Waals surface area contributed by atoms with Crippen LogP contribution < -0.4 is 5.32 Å². The lowest BCUT2D eigenvalue weighted by Crippen LogP contribution is -2.29. The summed E-state index contributed by atoms with van der Waals surface area (Å²) in [6, 6.07) is 0.748. The lowest BCUT2D eigenvalue weighted by atomic mass is 10.0. The number of nitrogens with one attached hydrogen (secondary N) is 1. The average Bonchev–Trinajstić information content (AvgIpc) is 2.24. The Hall–Kier alpha value is -0.300. The second-order valence-electron chi connectivity index (χ2n) is 5.04. The summed E-state index contributed by atoms with van der Waals surface area (Å²) >= 11 is 0. The van der Waals surface area contributed by atoms with Crippen LogP contribution in [-0.2, 0) is 0 Å². The molecule has 1 unspecified atom stereocenters. The Bertz CT molecular complexity index is 161. The zero-order valence-corrected chi connectivity index (χ0v) is 11.8. The van der Waals surface area contributed by atoms with Crippen LogP contribution in [0.4, 0.5) is 0 Å². The summed E-state index contributed by atoms with van der Waals surface area (Å²) in [6.07, 6.45) is 12.4. The van der Waals surface area contributed by atoms with Crippen molar-refractivity contribution in [1.29, 1.82) is 0 Å². The third kappa shape index (κ3) is 10.2. The van der Waals surface area contributed by atoms with Crippen LogP contribution in [0.5, 0.6) is 0 Å². The molecule has 0 radical (unpaired) electrons. The van der Waals surface area contributed by atoms with E-state index in [-0.39, 0.29) is 0 Å². The summed E-state index contributed by atoms with van der Waals surface area (Å²) in [6.45, 7) is 10.2. The maximum Gasteiger partial charge on any atom is 0.00670 e. The largest absolute Gasteiger partial charge is 0.314 e.